The number of hydrogen-bond acceptors (Lipinski definition) is 3. The third kappa shape index (κ3) is 7.53. The van der Waals surface area contributed by atoms with Crippen LogP contribution in [-0.4, -0.2) is 62.7 Å². The molecule has 0 unspecified atom stereocenters. The van der Waals surface area contributed by atoms with Gasteiger partial charge in [0.05, 0.1) is 0 Å². The third-order valence-corrected chi connectivity index (χ3v) is 3.07. The number of rotatable bonds is 10. The van der Waals surface area contributed by atoms with Gasteiger partial charge in [-0.3, -0.25) is 4.90 Å². The van der Waals surface area contributed by atoms with Gasteiger partial charge in [0, 0.05) is 32.2 Å². The van der Waals surface area contributed by atoms with E-state index < -0.39 is 0 Å². The van der Waals surface area contributed by atoms with Crippen molar-refractivity contribution in [2.75, 3.05) is 46.8 Å². The summed E-state index contributed by atoms with van der Waals surface area (Å²) in [5.74, 6) is 0. The van der Waals surface area contributed by atoms with Crippen LogP contribution in [0.5, 0.6) is 0 Å². The van der Waals surface area contributed by atoms with Gasteiger partial charge >= 0.3 is 0 Å². The van der Waals surface area contributed by atoms with Crippen LogP contribution < -0.4 is 5.32 Å². The highest BCUT2D eigenvalue weighted by Gasteiger charge is 2.20. The van der Waals surface area contributed by atoms with Crippen molar-refractivity contribution in [3.63, 3.8) is 0 Å². The average Bonchev–Trinajstić information content (AvgIpc) is 3.07. The molecule has 1 rings (SSSR count). The lowest BCUT2D eigenvalue weighted by Crippen LogP contribution is -2.35. The fourth-order valence-electron chi connectivity index (χ4n) is 1.88. The molecular weight excluding hydrogens is 210 g/mol. The van der Waals surface area contributed by atoms with Gasteiger partial charge in [-0.05, 0) is 45.5 Å². The SMILES string of the molecule is C=C(CNC1CC1)CN(CCC)CCN(C)C. The Balaban J connectivity index is 2.17. The molecule has 0 aromatic rings. The van der Waals surface area contributed by atoms with E-state index in [0.29, 0.717) is 0 Å². The maximum Gasteiger partial charge on any atom is 0.0203 e. The van der Waals surface area contributed by atoms with Crippen molar-refractivity contribution in [1.29, 1.82) is 0 Å². The first-order valence-electron chi connectivity index (χ1n) is 6.89. The van der Waals surface area contributed by atoms with Crippen molar-refractivity contribution in [1.82, 2.24) is 15.1 Å². The van der Waals surface area contributed by atoms with Crippen LogP contribution >= 0.6 is 0 Å². The summed E-state index contributed by atoms with van der Waals surface area (Å²) < 4.78 is 0. The first-order chi connectivity index (χ1) is 8.11. The lowest BCUT2D eigenvalue weighted by atomic mass is 10.2. The summed E-state index contributed by atoms with van der Waals surface area (Å²) in [4.78, 5) is 4.75. The van der Waals surface area contributed by atoms with Crippen molar-refractivity contribution in [2.45, 2.75) is 32.2 Å². The van der Waals surface area contributed by atoms with Gasteiger partial charge in [0.2, 0.25) is 0 Å². The normalized spacial score (nSPS) is 15.8. The zero-order chi connectivity index (χ0) is 12.7. The zero-order valence-corrected chi connectivity index (χ0v) is 11.8. The molecule has 0 spiro atoms. The Labute approximate surface area is 107 Å². The molecular formula is C14H29N3. The van der Waals surface area contributed by atoms with E-state index >= 15 is 0 Å². The van der Waals surface area contributed by atoms with Gasteiger partial charge < -0.3 is 10.2 Å². The fourth-order valence-corrected chi connectivity index (χ4v) is 1.88. The first-order valence-corrected chi connectivity index (χ1v) is 6.89. The van der Waals surface area contributed by atoms with Crippen molar-refractivity contribution in [3.8, 4) is 0 Å². The molecule has 0 bridgehead atoms. The van der Waals surface area contributed by atoms with Crippen molar-refractivity contribution in [2.24, 2.45) is 0 Å². The topological polar surface area (TPSA) is 18.5 Å². The molecule has 1 N–H and O–H groups in total. The number of nitrogens with zero attached hydrogens (tertiary/aromatic N) is 2. The molecule has 0 heterocycles. The lowest BCUT2D eigenvalue weighted by molar-refractivity contribution is 0.256. The van der Waals surface area contributed by atoms with E-state index in [1.807, 2.05) is 0 Å². The van der Waals surface area contributed by atoms with Crippen LogP contribution in [-0.2, 0) is 0 Å². The molecule has 0 saturated heterocycles. The maximum atomic E-state index is 4.19. The zero-order valence-electron chi connectivity index (χ0n) is 11.8. The Morgan fingerprint density at radius 2 is 1.94 bits per heavy atom. The van der Waals surface area contributed by atoms with Crippen LogP contribution in [0.1, 0.15) is 26.2 Å². The minimum absolute atomic E-state index is 0.785. The summed E-state index contributed by atoms with van der Waals surface area (Å²) >= 11 is 0. The van der Waals surface area contributed by atoms with E-state index in [9.17, 15) is 0 Å². The molecule has 1 saturated carbocycles. The van der Waals surface area contributed by atoms with Crippen LogP contribution in [0.15, 0.2) is 12.2 Å². The standard InChI is InChI=1S/C14H29N3/c1-5-8-17(10-9-16(3)4)12-13(2)11-15-14-6-7-14/h14-15H,2,5-12H2,1,3-4H3. The van der Waals surface area contributed by atoms with E-state index in [1.165, 1.54) is 31.4 Å². The van der Waals surface area contributed by atoms with Gasteiger partial charge in [-0.25, -0.2) is 0 Å². The van der Waals surface area contributed by atoms with Gasteiger partial charge in [-0.2, -0.15) is 0 Å². The molecule has 0 amide bonds. The Bertz CT molecular complexity index is 222. The molecule has 3 heteroatoms. The summed E-state index contributed by atoms with van der Waals surface area (Å²) in [6, 6.07) is 0.785. The Morgan fingerprint density at radius 3 is 2.47 bits per heavy atom. The quantitative estimate of drug-likeness (QED) is 0.584. The summed E-state index contributed by atoms with van der Waals surface area (Å²) in [6.07, 6.45) is 3.93. The largest absolute Gasteiger partial charge is 0.310 e. The molecule has 0 radical (unpaired) electrons. The lowest BCUT2D eigenvalue weighted by Gasteiger charge is -2.24. The highest BCUT2D eigenvalue weighted by Crippen LogP contribution is 2.18. The number of nitrogens with one attached hydrogen (secondary N) is 1. The second-order valence-corrected chi connectivity index (χ2v) is 5.48. The highest BCUT2D eigenvalue weighted by atomic mass is 15.2. The summed E-state index contributed by atoms with van der Waals surface area (Å²) in [5.41, 5.74) is 1.32. The molecule has 17 heavy (non-hydrogen) atoms. The van der Waals surface area contributed by atoms with Crippen LogP contribution in [0, 0.1) is 0 Å². The van der Waals surface area contributed by atoms with E-state index in [0.717, 1.165) is 32.2 Å². The van der Waals surface area contributed by atoms with Gasteiger partial charge in [-0.15, -0.1) is 0 Å². The minimum atomic E-state index is 0.785. The van der Waals surface area contributed by atoms with Crippen molar-refractivity contribution in [3.05, 3.63) is 12.2 Å². The predicted molar refractivity (Wildman–Crippen MR) is 75.4 cm³/mol. The minimum Gasteiger partial charge on any atom is -0.310 e. The van der Waals surface area contributed by atoms with Gasteiger partial charge in [0.1, 0.15) is 0 Å². The predicted octanol–water partition coefficient (Wildman–Crippen LogP) is 1.57. The van der Waals surface area contributed by atoms with E-state index in [4.69, 9.17) is 0 Å². The monoisotopic (exact) mass is 239 g/mol. The first kappa shape index (κ1) is 14.7. The van der Waals surface area contributed by atoms with E-state index in [-0.39, 0.29) is 0 Å². The van der Waals surface area contributed by atoms with Crippen LogP contribution in [0.4, 0.5) is 0 Å². The molecule has 100 valence electrons. The van der Waals surface area contributed by atoms with E-state index in [2.05, 4.69) is 42.7 Å². The van der Waals surface area contributed by atoms with Crippen LogP contribution in [0.3, 0.4) is 0 Å². The van der Waals surface area contributed by atoms with Gasteiger partial charge in [-0.1, -0.05) is 13.5 Å². The molecule has 0 aromatic carbocycles. The summed E-state index contributed by atoms with van der Waals surface area (Å²) in [5, 5.41) is 3.53. The molecule has 0 aromatic heterocycles. The molecule has 3 nitrogen and oxygen atoms in total. The fraction of sp³-hybridized carbons (Fsp3) is 0.857. The molecule has 0 aliphatic heterocycles. The molecule has 1 fully saturated rings. The average molecular weight is 239 g/mol. The number of likely N-dealkylation sites (N-methyl/N-ethyl adjacent to an activating group) is 1. The number of hydrogen-bond donors (Lipinski definition) is 1. The Morgan fingerprint density at radius 1 is 1.24 bits per heavy atom. The second-order valence-electron chi connectivity index (χ2n) is 5.48. The smallest absolute Gasteiger partial charge is 0.0203 e. The highest BCUT2D eigenvalue weighted by molar-refractivity contribution is 5.01. The Kier molecular flexibility index (Phi) is 6.78. The van der Waals surface area contributed by atoms with Gasteiger partial charge in [0.25, 0.3) is 0 Å². The van der Waals surface area contributed by atoms with Crippen LogP contribution in [0.25, 0.3) is 0 Å². The summed E-state index contributed by atoms with van der Waals surface area (Å²) in [7, 11) is 4.27. The molecule has 1 aliphatic carbocycles. The van der Waals surface area contributed by atoms with Crippen LogP contribution in [0.2, 0.25) is 0 Å². The molecule has 1 aliphatic rings. The second kappa shape index (κ2) is 7.85. The maximum absolute atomic E-state index is 4.19. The van der Waals surface area contributed by atoms with Crippen molar-refractivity contribution < 1.29 is 0 Å². The summed E-state index contributed by atoms with van der Waals surface area (Å²) in [6.45, 7) is 11.9. The van der Waals surface area contributed by atoms with Crippen molar-refractivity contribution >= 4 is 0 Å². The third-order valence-electron chi connectivity index (χ3n) is 3.07. The van der Waals surface area contributed by atoms with Gasteiger partial charge in [0.15, 0.2) is 0 Å². The van der Waals surface area contributed by atoms with E-state index in [1.54, 1.807) is 0 Å². The molecule has 0 atom stereocenters. The Hall–Kier alpha value is -0.380.